The number of benzene rings is 3. The molecule has 2 heterocycles. The largest absolute Gasteiger partial charge is 0.508 e. The molecule has 0 aliphatic carbocycles. The van der Waals surface area contributed by atoms with Crippen molar-refractivity contribution in [1.82, 2.24) is 4.90 Å². The van der Waals surface area contributed by atoms with E-state index in [0.717, 1.165) is 54.1 Å². The van der Waals surface area contributed by atoms with Crippen LogP contribution < -0.4 is 9.47 Å². The van der Waals surface area contributed by atoms with Crippen LogP contribution in [0.25, 0.3) is 11.1 Å². The summed E-state index contributed by atoms with van der Waals surface area (Å²) < 4.78 is 25.2. The number of phenols is 2. The molecule has 2 N–H and O–H groups in total. The lowest BCUT2D eigenvalue weighted by molar-refractivity contribution is 0.228. The molecule has 0 radical (unpaired) electrons. The lowest BCUT2D eigenvalue weighted by atomic mass is 9.86. The van der Waals surface area contributed by atoms with Crippen LogP contribution in [0.1, 0.15) is 36.1 Å². The molecule has 3 aromatic rings. The number of halogens is 2. The molecule has 1 saturated heterocycles. The third kappa shape index (κ3) is 5.01. The topological polar surface area (TPSA) is 62.2 Å². The second-order valence-corrected chi connectivity index (χ2v) is 9.82. The molecule has 5 rings (SSSR count). The van der Waals surface area contributed by atoms with E-state index >= 15 is 0 Å². The van der Waals surface area contributed by atoms with Crippen molar-refractivity contribution in [2.24, 2.45) is 5.92 Å². The smallest absolute Gasteiger partial charge is 0.150 e. The third-order valence-electron chi connectivity index (χ3n) is 6.97. The van der Waals surface area contributed by atoms with E-state index in [1.54, 1.807) is 36.4 Å². The molecule has 2 atom stereocenters. The lowest BCUT2D eigenvalue weighted by Crippen LogP contribution is -2.26. The van der Waals surface area contributed by atoms with Crippen LogP contribution in [0.4, 0.5) is 4.39 Å². The Bertz CT molecular complexity index is 1280. The van der Waals surface area contributed by atoms with Crippen LogP contribution in [-0.2, 0) is 0 Å². The van der Waals surface area contributed by atoms with Gasteiger partial charge >= 0.3 is 0 Å². The summed E-state index contributed by atoms with van der Waals surface area (Å²) in [7, 11) is 0. The van der Waals surface area contributed by atoms with E-state index in [2.05, 4.69) is 4.90 Å². The highest BCUT2D eigenvalue weighted by atomic mass is 35.5. The molecule has 0 amide bonds. The number of ether oxygens (including phenoxy) is 2. The van der Waals surface area contributed by atoms with Crippen LogP contribution in [0.3, 0.4) is 0 Å². The summed E-state index contributed by atoms with van der Waals surface area (Å²) in [6.07, 6.45) is 0.436. The fourth-order valence-corrected chi connectivity index (χ4v) is 5.23. The van der Waals surface area contributed by atoms with E-state index in [9.17, 15) is 14.6 Å². The monoisotopic (exact) mass is 509 g/mol. The summed E-state index contributed by atoms with van der Waals surface area (Å²) >= 11 is 6.57. The van der Waals surface area contributed by atoms with Crippen LogP contribution in [0.5, 0.6) is 23.0 Å². The SMILES string of the molecule is CC1=C(c2cc(O)ccc2Cl)C(c2ccc(OCCN3CC[C@@H](CF)C3)cc2)Oc2ccc(O)cc21. The molecule has 2 aliphatic rings. The number of phenolic OH excluding ortho intramolecular Hbond substituents is 2. The van der Waals surface area contributed by atoms with Crippen molar-refractivity contribution in [3.05, 3.63) is 82.4 Å². The van der Waals surface area contributed by atoms with E-state index in [-0.39, 0.29) is 24.1 Å². The van der Waals surface area contributed by atoms with Crippen molar-refractivity contribution >= 4 is 22.7 Å². The van der Waals surface area contributed by atoms with Crippen LogP contribution in [-0.4, -0.2) is 48.0 Å². The first-order chi connectivity index (χ1) is 17.4. The number of hydrogen-bond acceptors (Lipinski definition) is 5. The molecule has 7 heteroatoms. The van der Waals surface area contributed by atoms with Gasteiger partial charge in [0.15, 0.2) is 0 Å². The van der Waals surface area contributed by atoms with Crippen LogP contribution >= 0.6 is 11.6 Å². The van der Waals surface area contributed by atoms with Crippen LogP contribution in [0, 0.1) is 5.92 Å². The number of likely N-dealkylation sites (tertiary alicyclic amines) is 1. The number of aromatic hydroxyl groups is 2. The van der Waals surface area contributed by atoms with E-state index in [0.29, 0.717) is 22.9 Å². The van der Waals surface area contributed by atoms with Crippen LogP contribution in [0.15, 0.2) is 60.7 Å². The number of alkyl halides is 1. The van der Waals surface area contributed by atoms with Crippen molar-refractivity contribution < 1.29 is 24.1 Å². The van der Waals surface area contributed by atoms with Gasteiger partial charge in [0.25, 0.3) is 0 Å². The van der Waals surface area contributed by atoms with Gasteiger partial charge in [-0.3, -0.25) is 9.29 Å². The van der Waals surface area contributed by atoms with E-state index in [4.69, 9.17) is 21.1 Å². The van der Waals surface area contributed by atoms with Gasteiger partial charge in [0.1, 0.15) is 35.7 Å². The van der Waals surface area contributed by atoms with Crippen molar-refractivity contribution in [3.63, 3.8) is 0 Å². The normalized spacial score (nSPS) is 19.8. The predicted molar refractivity (Wildman–Crippen MR) is 140 cm³/mol. The molecule has 1 unspecified atom stereocenters. The van der Waals surface area contributed by atoms with Gasteiger partial charge in [0, 0.05) is 40.7 Å². The summed E-state index contributed by atoms with van der Waals surface area (Å²) in [5.74, 6) is 1.81. The maximum atomic E-state index is 12.8. The summed E-state index contributed by atoms with van der Waals surface area (Å²) in [5.41, 5.74) is 4.07. The van der Waals surface area contributed by atoms with E-state index in [1.807, 2.05) is 31.2 Å². The van der Waals surface area contributed by atoms with Gasteiger partial charge in [-0.1, -0.05) is 23.7 Å². The van der Waals surface area contributed by atoms with Crippen molar-refractivity contribution in [3.8, 4) is 23.0 Å². The number of fused-ring (bicyclic) bond motifs is 1. The highest BCUT2D eigenvalue weighted by molar-refractivity contribution is 6.32. The molecule has 36 heavy (non-hydrogen) atoms. The highest BCUT2D eigenvalue weighted by Crippen LogP contribution is 2.49. The van der Waals surface area contributed by atoms with Gasteiger partial charge in [-0.05, 0) is 79.6 Å². The Hall–Kier alpha value is -3.22. The Morgan fingerprint density at radius 1 is 1.03 bits per heavy atom. The maximum absolute atomic E-state index is 12.8. The molecule has 0 bridgehead atoms. The number of hydrogen-bond donors (Lipinski definition) is 2. The molecular weight excluding hydrogens is 481 g/mol. The molecule has 5 nitrogen and oxygen atoms in total. The van der Waals surface area contributed by atoms with Crippen molar-refractivity contribution in [1.29, 1.82) is 0 Å². The second-order valence-electron chi connectivity index (χ2n) is 9.41. The molecule has 2 aliphatic heterocycles. The van der Waals surface area contributed by atoms with Gasteiger partial charge in [-0.25, -0.2) is 0 Å². The Morgan fingerprint density at radius 3 is 2.47 bits per heavy atom. The Kier molecular flexibility index (Phi) is 7.08. The third-order valence-corrected chi connectivity index (χ3v) is 7.30. The quantitative estimate of drug-likeness (QED) is 0.381. The fraction of sp³-hybridized carbons (Fsp3) is 0.310. The Morgan fingerprint density at radius 2 is 1.75 bits per heavy atom. The summed E-state index contributed by atoms with van der Waals surface area (Å²) in [4.78, 5) is 2.24. The lowest BCUT2D eigenvalue weighted by Gasteiger charge is -2.31. The fourth-order valence-electron chi connectivity index (χ4n) is 5.01. The summed E-state index contributed by atoms with van der Waals surface area (Å²) in [6.45, 7) is 4.74. The summed E-state index contributed by atoms with van der Waals surface area (Å²) in [5, 5.41) is 20.7. The Labute approximate surface area is 215 Å². The predicted octanol–water partition coefficient (Wildman–Crippen LogP) is 6.49. The average molecular weight is 510 g/mol. The first-order valence-electron chi connectivity index (χ1n) is 12.1. The molecule has 3 aromatic carbocycles. The zero-order valence-corrected chi connectivity index (χ0v) is 20.8. The van der Waals surface area contributed by atoms with Gasteiger partial charge in [0.2, 0.25) is 0 Å². The number of rotatable bonds is 7. The minimum absolute atomic E-state index is 0.106. The second kappa shape index (κ2) is 10.4. The minimum Gasteiger partial charge on any atom is -0.508 e. The van der Waals surface area contributed by atoms with Crippen molar-refractivity contribution in [2.75, 3.05) is 32.9 Å². The zero-order chi connectivity index (χ0) is 25.2. The molecule has 188 valence electrons. The van der Waals surface area contributed by atoms with Gasteiger partial charge < -0.3 is 19.7 Å². The molecule has 0 spiro atoms. The molecular formula is C29H29ClFNO4. The number of allylic oxidation sites excluding steroid dienone is 1. The molecule has 0 saturated carbocycles. The van der Waals surface area contributed by atoms with E-state index in [1.165, 1.54) is 0 Å². The van der Waals surface area contributed by atoms with E-state index < -0.39 is 6.10 Å². The average Bonchev–Trinajstić information content (AvgIpc) is 3.34. The number of nitrogens with zero attached hydrogens (tertiary/aromatic N) is 1. The highest BCUT2D eigenvalue weighted by Gasteiger charge is 2.31. The maximum Gasteiger partial charge on any atom is 0.150 e. The first kappa shape index (κ1) is 24.5. The first-order valence-corrected chi connectivity index (χ1v) is 12.5. The summed E-state index contributed by atoms with van der Waals surface area (Å²) in [6, 6.07) is 17.6. The zero-order valence-electron chi connectivity index (χ0n) is 20.1. The van der Waals surface area contributed by atoms with Gasteiger partial charge in [-0.2, -0.15) is 0 Å². The van der Waals surface area contributed by atoms with Crippen LogP contribution in [0.2, 0.25) is 5.02 Å². The van der Waals surface area contributed by atoms with Gasteiger partial charge in [0.05, 0.1) is 6.67 Å². The Balaban J connectivity index is 1.40. The van der Waals surface area contributed by atoms with Gasteiger partial charge in [-0.15, -0.1) is 0 Å². The minimum atomic E-state index is -0.474. The van der Waals surface area contributed by atoms with Crippen molar-refractivity contribution in [2.45, 2.75) is 19.4 Å². The molecule has 1 fully saturated rings. The standard InChI is InChI=1S/C29H29ClFNO4/c1-18-24-14-22(34)5-9-27(24)36-29(28(18)25-15-21(33)4-8-26(25)30)20-2-6-23(7-3-20)35-13-12-32-11-10-19(16-31)17-32/h2-9,14-15,19,29,33-34H,10-13,16-17H2,1H3/t19-,29?/m0/s1. The molecule has 0 aromatic heterocycles.